The Balaban J connectivity index is 2.08. The molecule has 0 amide bonds. The molecule has 1 saturated heterocycles. The molecule has 1 aliphatic heterocycles. The zero-order valence-corrected chi connectivity index (χ0v) is 13.5. The number of hydrogen-bond donors (Lipinski definition) is 1. The Morgan fingerprint density at radius 1 is 1.40 bits per heavy atom. The van der Waals surface area contributed by atoms with Crippen LogP contribution in [0.2, 0.25) is 0 Å². The van der Waals surface area contributed by atoms with Crippen molar-refractivity contribution in [2.24, 2.45) is 0 Å². The first kappa shape index (κ1) is 15.3. The quantitative estimate of drug-likeness (QED) is 0.912. The van der Waals surface area contributed by atoms with E-state index < -0.39 is 0 Å². The van der Waals surface area contributed by atoms with Crippen molar-refractivity contribution in [2.45, 2.75) is 45.3 Å². The van der Waals surface area contributed by atoms with Crippen molar-refractivity contribution in [1.29, 1.82) is 0 Å². The lowest BCUT2D eigenvalue weighted by atomic mass is 10.1. The van der Waals surface area contributed by atoms with E-state index in [4.69, 9.17) is 0 Å². The van der Waals surface area contributed by atoms with Crippen LogP contribution in [0.1, 0.15) is 32.8 Å². The lowest BCUT2D eigenvalue weighted by molar-refractivity contribution is 0.315. The highest BCUT2D eigenvalue weighted by atomic mass is 15.2. The van der Waals surface area contributed by atoms with Crippen molar-refractivity contribution in [3.8, 4) is 0 Å². The normalized spacial score (nSPS) is 19.9. The molecule has 0 spiro atoms. The number of nitrogens with zero attached hydrogens (tertiary/aromatic N) is 3. The van der Waals surface area contributed by atoms with Crippen LogP contribution in [0.25, 0.3) is 0 Å². The van der Waals surface area contributed by atoms with E-state index in [2.05, 4.69) is 61.0 Å². The molecular weight excluding hydrogens is 248 g/mol. The van der Waals surface area contributed by atoms with Crippen molar-refractivity contribution < 1.29 is 0 Å². The maximum Gasteiger partial charge on any atom is 0.0443 e. The first-order valence-electron chi connectivity index (χ1n) is 7.46. The number of rotatable bonds is 4. The van der Waals surface area contributed by atoms with Gasteiger partial charge in [0.2, 0.25) is 0 Å². The van der Waals surface area contributed by atoms with Crippen LogP contribution in [0.4, 0.5) is 5.69 Å². The molecule has 0 aliphatic carbocycles. The summed E-state index contributed by atoms with van der Waals surface area (Å²) in [5, 5.41) is 3.56. The highest BCUT2D eigenvalue weighted by Gasteiger charge is 2.25. The molecule has 0 radical (unpaired) electrons. The molecule has 112 valence electrons. The van der Waals surface area contributed by atoms with E-state index >= 15 is 0 Å². The zero-order chi connectivity index (χ0) is 14.8. The van der Waals surface area contributed by atoms with Gasteiger partial charge >= 0.3 is 0 Å². The van der Waals surface area contributed by atoms with Crippen LogP contribution in [-0.4, -0.2) is 48.6 Å². The molecule has 1 aliphatic rings. The minimum absolute atomic E-state index is 0.129. The van der Waals surface area contributed by atoms with Gasteiger partial charge in [-0.25, -0.2) is 0 Å². The summed E-state index contributed by atoms with van der Waals surface area (Å²) in [6, 6.07) is 2.81. The van der Waals surface area contributed by atoms with Crippen LogP contribution >= 0.6 is 0 Å². The third-order valence-corrected chi connectivity index (χ3v) is 3.92. The van der Waals surface area contributed by atoms with Gasteiger partial charge in [0, 0.05) is 54.9 Å². The summed E-state index contributed by atoms with van der Waals surface area (Å²) in [5.41, 5.74) is 2.76. The first-order chi connectivity index (χ1) is 9.37. The second-order valence-electron chi connectivity index (χ2n) is 6.96. The zero-order valence-electron chi connectivity index (χ0n) is 13.5. The molecule has 4 nitrogen and oxygen atoms in total. The van der Waals surface area contributed by atoms with Gasteiger partial charge in [0.15, 0.2) is 0 Å². The molecule has 0 saturated carbocycles. The SMILES string of the molecule is CN(C)C1CCN(c2ccncc2CNC(C)(C)C)C1. The number of nitrogens with one attached hydrogen (secondary N) is 1. The van der Waals surface area contributed by atoms with Crippen LogP contribution in [-0.2, 0) is 6.54 Å². The van der Waals surface area contributed by atoms with Gasteiger partial charge in [-0.05, 0) is 47.4 Å². The fourth-order valence-electron chi connectivity index (χ4n) is 2.61. The molecule has 1 fully saturated rings. The van der Waals surface area contributed by atoms with Crippen molar-refractivity contribution in [2.75, 3.05) is 32.1 Å². The number of anilines is 1. The summed E-state index contributed by atoms with van der Waals surface area (Å²) in [6.45, 7) is 9.70. The third-order valence-electron chi connectivity index (χ3n) is 3.92. The minimum Gasteiger partial charge on any atom is -0.370 e. The van der Waals surface area contributed by atoms with E-state index in [0.717, 1.165) is 19.6 Å². The molecule has 20 heavy (non-hydrogen) atoms. The van der Waals surface area contributed by atoms with Crippen LogP contribution in [0.15, 0.2) is 18.5 Å². The second kappa shape index (κ2) is 6.10. The van der Waals surface area contributed by atoms with Crippen LogP contribution in [0.3, 0.4) is 0 Å². The van der Waals surface area contributed by atoms with Gasteiger partial charge in [0.1, 0.15) is 0 Å². The predicted molar refractivity (Wildman–Crippen MR) is 85.1 cm³/mol. The highest BCUT2D eigenvalue weighted by Crippen LogP contribution is 2.25. The Labute approximate surface area is 123 Å². The van der Waals surface area contributed by atoms with Crippen LogP contribution in [0.5, 0.6) is 0 Å². The Bertz CT molecular complexity index is 436. The van der Waals surface area contributed by atoms with Gasteiger partial charge in [0.05, 0.1) is 0 Å². The molecule has 1 aromatic rings. The summed E-state index contributed by atoms with van der Waals surface area (Å²) in [5.74, 6) is 0. The van der Waals surface area contributed by atoms with Gasteiger partial charge in [-0.3, -0.25) is 4.98 Å². The Hall–Kier alpha value is -1.13. The lowest BCUT2D eigenvalue weighted by Crippen LogP contribution is -2.36. The second-order valence-corrected chi connectivity index (χ2v) is 6.96. The monoisotopic (exact) mass is 276 g/mol. The van der Waals surface area contributed by atoms with Crippen LogP contribution < -0.4 is 10.2 Å². The largest absolute Gasteiger partial charge is 0.370 e. The summed E-state index contributed by atoms with van der Waals surface area (Å²) in [7, 11) is 4.34. The molecule has 4 heteroatoms. The lowest BCUT2D eigenvalue weighted by Gasteiger charge is -2.26. The number of aromatic nitrogens is 1. The topological polar surface area (TPSA) is 31.4 Å². The Kier molecular flexibility index (Phi) is 4.66. The summed E-state index contributed by atoms with van der Waals surface area (Å²) in [4.78, 5) is 9.11. The summed E-state index contributed by atoms with van der Waals surface area (Å²) < 4.78 is 0. The fraction of sp³-hybridized carbons (Fsp3) is 0.688. The standard InChI is InChI=1S/C16H28N4/c1-16(2,3)18-11-13-10-17-8-6-15(13)20-9-7-14(12-20)19(4)5/h6,8,10,14,18H,7,9,11-12H2,1-5H3. The fourth-order valence-corrected chi connectivity index (χ4v) is 2.61. The van der Waals surface area contributed by atoms with Gasteiger partial charge in [-0.2, -0.15) is 0 Å². The van der Waals surface area contributed by atoms with Crippen molar-refractivity contribution >= 4 is 5.69 Å². The number of likely N-dealkylation sites (N-methyl/N-ethyl adjacent to an activating group) is 1. The smallest absolute Gasteiger partial charge is 0.0443 e. The maximum absolute atomic E-state index is 4.29. The van der Waals surface area contributed by atoms with Crippen molar-refractivity contribution in [1.82, 2.24) is 15.2 Å². The summed E-state index contributed by atoms with van der Waals surface area (Å²) >= 11 is 0. The molecule has 2 rings (SSSR count). The van der Waals surface area contributed by atoms with E-state index in [9.17, 15) is 0 Å². The molecular formula is C16H28N4. The Morgan fingerprint density at radius 2 is 2.15 bits per heavy atom. The molecule has 1 aromatic heterocycles. The van der Waals surface area contributed by atoms with Gasteiger partial charge in [0.25, 0.3) is 0 Å². The first-order valence-corrected chi connectivity index (χ1v) is 7.46. The minimum atomic E-state index is 0.129. The summed E-state index contributed by atoms with van der Waals surface area (Å²) in [6.07, 6.45) is 5.14. The molecule has 0 bridgehead atoms. The van der Waals surface area contributed by atoms with Crippen molar-refractivity contribution in [3.63, 3.8) is 0 Å². The van der Waals surface area contributed by atoms with E-state index in [1.54, 1.807) is 0 Å². The molecule has 1 atom stereocenters. The van der Waals surface area contributed by atoms with Gasteiger partial charge in [-0.15, -0.1) is 0 Å². The third kappa shape index (κ3) is 3.93. The number of hydrogen-bond acceptors (Lipinski definition) is 4. The molecule has 0 aromatic carbocycles. The average Bonchev–Trinajstić information content (AvgIpc) is 2.85. The predicted octanol–water partition coefficient (Wildman–Crippen LogP) is 2.11. The van der Waals surface area contributed by atoms with Crippen LogP contribution in [0, 0.1) is 0 Å². The Morgan fingerprint density at radius 3 is 2.75 bits per heavy atom. The van der Waals surface area contributed by atoms with E-state index in [1.807, 2.05) is 12.4 Å². The van der Waals surface area contributed by atoms with Crippen molar-refractivity contribution in [3.05, 3.63) is 24.0 Å². The molecule has 1 N–H and O–H groups in total. The van der Waals surface area contributed by atoms with E-state index in [0.29, 0.717) is 6.04 Å². The van der Waals surface area contributed by atoms with Gasteiger partial charge in [-0.1, -0.05) is 0 Å². The molecule has 2 heterocycles. The van der Waals surface area contributed by atoms with Gasteiger partial charge < -0.3 is 15.1 Å². The highest BCUT2D eigenvalue weighted by molar-refractivity contribution is 5.53. The average molecular weight is 276 g/mol. The molecule has 1 unspecified atom stereocenters. The van der Waals surface area contributed by atoms with E-state index in [1.165, 1.54) is 17.7 Å². The maximum atomic E-state index is 4.29. The van der Waals surface area contributed by atoms with E-state index in [-0.39, 0.29) is 5.54 Å². The number of pyridine rings is 1.